The van der Waals surface area contributed by atoms with E-state index < -0.39 is 0 Å². The molecular weight excluding hydrogens is 380 g/mol. The number of carbonyl (C=O) groups excluding carboxylic acids is 1. The summed E-state index contributed by atoms with van der Waals surface area (Å²) < 4.78 is 11.6. The highest BCUT2D eigenvalue weighted by atomic mass is 16.5. The number of nitrogens with one attached hydrogen (secondary N) is 2. The highest BCUT2D eigenvalue weighted by Crippen LogP contribution is 2.26. The lowest BCUT2D eigenvalue weighted by Gasteiger charge is -2.29. The molecule has 3 aromatic rings. The Kier molecular flexibility index (Phi) is 5.97. The minimum Gasteiger partial charge on any atom is -0.490 e. The number of aryl methyl sites for hydroxylation is 2. The van der Waals surface area contributed by atoms with E-state index >= 15 is 0 Å². The van der Waals surface area contributed by atoms with E-state index in [4.69, 9.17) is 9.15 Å². The Morgan fingerprint density at radius 3 is 2.30 bits per heavy atom. The van der Waals surface area contributed by atoms with Crippen LogP contribution in [-0.4, -0.2) is 28.4 Å². The quantitative estimate of drug-likeness (QED) is 0.631. The largest absolute Gasteiger partial charge is 0.490 e. The molecular formula is C23H26N4O3. The van der Waals surface area contributed by atoms with Gasteiger partial charge in [-0.15, -0.1) is 10.2 Å². The molecule has 0 aliphatic heterocycles. The van der Waals surface area contributed by atoms with Crippen LogP contribution in [0.4, 0.5) is 10.5 Å². The monoisotopic (exact) mass is 406 g/mol. The number of aromatic nitrogens is 2. The van der Waals surface area contributed by atoms with Crippen molar-refractivity contribution < 1.29 is 13.9 Å². The predicted octanol–water partition coefficient (Wildman–Crippen LogP) is 4.87. The number of hydrogen-bond donors (Lipinski definition) is 2. The number of rotatable bonds is 5. The predicted molar refractivity (Wildman–Crippen MR) is 114 cm³/mol. The van der Waals surface area contributed by atoms with Crippen molar-refractivity contribution >= 4 is 11.7 Å². The summed E-state index contributed by atoms with van der Waals surface area (Å²) in [5.41, 5.74) is 2.84. The standard InChI is InChI=1S/C23H26N4O3/c1-15-3-7-18(8-4-15)24-23(28)25-19-9-13-21(14-10-19)30-20-11-5-17(6-12-20)22-27-26-16(2)29-22/h3-8,11-12,19,21H,9-10,13-14H2,1-2H3,(H2,24,25,28). The third kappa shape index (κ3) is 5.17. The van der Waals surface area contributed by atoms with Crippen molar-refractivity contribution in [2.24, 2.45) is 0 Å². The van der Waals surface area contributed by atoms with Crippen LogP contribution in [0.2, 0.25) is 0 Å². The molecule has 0 spiro atoms. The third-order valence-electron chi connectivity index (χ3n) is 5.25. The summed E-state index contributed by atoms with van der Waals surface area (Å²) in [6.07, 6.45) is 3.75. The number of urea groups is 1. The fraction of sp³-hybridized carbons (Fsp3) is 0.348. The van der Waals surface area contributed by atoms with Gasteiger partial charge in [0.1, 0.15) is 5.75 Å². The van der Waals surface area contributed by atoms with Crippen LogP contribution in [0.3, 0.4) is 0 Å². The maximum atomic E-state index is 12.2. The molecule has 4 rings (SSSR count). The highest BCUT2D eigenvalue weighted by molar-refractivity contribution is 5.89. The molecule has 0 unspecified atom stereocenters. The Balaban J connectivity index is 1.22. The lowest BCUT2D eigenvalue weighted by molar-refractivity contribution is 0.141. The van der Waals surface area contributed by atoms with E-state index in [1.165, 1.54) is 5.56 Å². The van der Waals surface area contributed by atoms with Gasteiger partial charge in [0.25, 0.3) is 0 Å². The molecule has 1 aromatic heterocycles. The van der Waals surface area contributed by atoms with Gasteiger partial charge in [0.15, 0.2) is 0 Å². The molecule has 0 bridgehead atoms. The van der Waals surface area contributed by atoms with Crippen molar-refractivity contribution in [3.63, 3.8) is 0 Å². The van der Waals surface area contributed by atoms with E-state index in [1.54, 1.807) is 6.92 Å². The van der Waals surface area contributed by atoms with Gasteiger partial charge in [-0.05, 0) is 69.0 Å². The first-order chi connectivity index (χ1) is 14.5. The topological polar surface area (TPSA) is 89.3 Å². The first kappa shape index (κ1) is 19.9. The van der Waals surface area contributed by atoms with Crippen molar-refractivity contribution in [3.05, 3.63) is 60.0 Å². The van der Waals surface area contributed by atoms with E-state index in [1.807, 2.05) is 55.5 Å². The summed E-state index contributed by atoms with van der Waals surface area (Å²) in [6.45, 7) is 3.79. The van der Waals surface area contributed by atoms with Crippen molar-refractivity contribution in [2.75, 3.05) is 5.32 Å². The fourth-order valence-corrected chi connectivity index (χ4v) is 3.60. The van der Waals surface area contributed by atoms with Crippen LogP contribution in [0.5, 0.6) is 5.75 Å². The zero-order valence-corrected chi connectivity index (χ0v) is 17.2. The molecule has 156 valence electrons. The molecule has 2 amide bonds. The number of ether oxygens (including phenoxy) is 1. The summed E-state index contributed by atoms with van der Waals surface area (Å²) in [6, 6.07) is 15.5. The number of nitrogens with zero attached hydrogens (tertiary/aromatic N) is 2. The maximum absolute atomic E-state index is 12.2. The molecule has 7 nitrogen and oxygen atoms in total. The summed E-state index contributed by atoms with van der Waals surface area (Å²) in [5, 5.41) is 13.8. The van der Waals surface area contributed by atoms with Gasteiger partial charge in [-0.3, -0.25) is 0 Å². The molecule has 1 aliphatic carbocycles. The van der Waals surface area contributed by atoms with Crippen LogP contribution in [0.1, 0.15) is 37.1 Å². The van der Waals surface area contributed by atoms with Crippen molar-refractivity contribution in [2.45, 2.75) is 51.7 Å². The van der Waals surface area contributed by atoms with Gasteiger partial charge in [-0.1, -0.05) is 17.7 Å². The Morgan fingerprint density at radius 2 is 1.67 bits per heavy atom. The molecule has 1 fully saturated rings. The fourth-order valence-electron chi connectivity index (χ4n) is 3.60. The first-order valence-corrected chi connectivity index (χ1v) is 10.3. The average molecular weight is 406 g/mol. The molecule has 0 radical (unpaired) electrons. The molecule has 2 aromatic carbocycles. The second-order valence-corrected chi connectivity index (χ2v) is 7.71. The van der Waals surface area contributed by atoms with Crippen molar-refractivity contribution in [3.8, 4) is 17.2 Å². The molecule has 30 heavy (non-hydrogen) atoms. The Bertz CT molecular complexity index is 974. The average Bonchev–Trinajstić information content (AvgIpc) is 3.18. The summed E-state index contributed by atoms with van der Waals surface area (Å²) in [4.78, 5) is 12.2. The first-order valence-electron chi connectivity index (χ1n) is 10.3. The number of anilines is 1. The van der Waals surface area contributed by atoms with Crippen molar-refractivity contribution in [1.82, 2.24) is 15.5 Å². The van der Waals surface area contributed by atoms with E-state index in [0.717, 1.165) is 42.7 Å². The second-order valence-electron chi connectivity index (χ2n) is 7.71. The van der Waals surface area contributed by atoms with Crippen LogP contribution in [0.15, 0.2) is 52.9 Å². The normalized spacial score (nSPS) is 18.6. The van der Waals surface area contributed by atoms with Crippen molar-refractivity contribution in [1.29, 1.82) is 0 Å². The molecule has 1 heterocycles. The van der Waals surface area contributed by atoms with E-state index in [-0.39, 0.29) is 18.2 Å². The van der Waals surface area contributed by atoms with Gasteiger partial charge in [0.05, 0.1) is 6.10 Å². The zero-order valence-electron chi connectivity index (χ0n) is 17.2. The molecule has 0 atom stereocenters. The Labute approximate surface area is 175 Å². The minimum absolute atomic E-state index is 0.153. The lowest BCUT2D eigenvalue weighted by Crippen LogP contribution is -2.41. The molecule has 1 aliphatic rings. The number of carbonyl (C=O) groups is 1. The minimum atomic E-state index is -0.157. The zero-order chi connectivity index (χ0) is 20.9. The van der Waals surface area contributed by atoms with Crippen LogP contribution in [-0.2, 0) is 0 Å². The Morgan fingerprint density at radius 1 is 0.967 bits per heavy atom. The highest BCUT2D eigenvalue weighted by Gasteiger charge is 2.23. The third-order valence-corrected chi connectivity index (χ3v) is 5.25. The Hall–Kier alpha value is -3.35. The van der Waals surface area contributed by atoms with Gasteiger partial charge >= 0.3 is 6.03 Å². The summed E-state index contributed by atoms with van der Waals surface area (Å²) >= 11 is 0. The van der Waals surface area contributed by atoms with Gasteiger partial charge < -0.3 is 19.8 Å². The summed E-state index contributed by atoms with van der Waals surface area (Å²) in [5.74, 6) is 1.88. The van der Waals surface area contributed by atoms with Crippen LogP contribution in [0, 0.1) is 13.8 Å². The molecule has 1 saturated carbocycles. The van der Waals surface area contributed by atoms with Crippen LogP contribution >= 0.6 is 0 Å². The van der Waals surface area contributed by atoms with Crippen LogP contribution < -0.4 is 15.4 Å². The number of benzene rings is 2. The number of amides is 2. The molecule has 2 N–H and O–H groups in total. The van der Waals surface area contributed by atoms with Gasteiger partial charge in [0, 0.05) is 24.2 Å². The van der Waals surface area contributed by atoms with E-state index in [2.05, 4.69) is 20.8 Å². The lowest BCUT2D eigenvalue weighted by atomic mass is 9.93. The second kappa shape index (κ2) is 8.98. The van der Waals surface area contributed by atoms with Gasteiger partial charge in [-0.25, -0.2) is 4.79 Å². The smallest absolute Gasteiger partial charge is 0.319 e. The summed E-state index contributed by atoms with van der Waals surface area (Å²) in [7, 11) is 0. The molecule has 0 saturated heterocycles. The van der Waals surface area contributed by atoms with E-state index in [9.17, 15) is 4.79 Å². The molecule has 7 heteroatoms. The van der Waals surface area contributed by atoms with Crippen LogP contribution in [0.25, 0.3) is 11.5 Å². The number of hydrogen-bond acceptors (Lipinski definition) is 5. The van der Waals surface area contributed by atoms with E-state index in [0.29, 0.717) is 11.8 Å². The maximum Gasteiger partial charge on any atom is 0.319 e. The van der Waals surface area contributed by atoms with Gasteiger partial charge in [0.2, 0.25) is 11.8 Å². The van der Waals surface area contributed by atoms with Gasteiger partial charge in [-0.2, -0.15) is 0 Å². The SMILES string of the molecule is Cc1ccc(NC(=O)NC2CCC(Oc3ccc(-c4nnc(C)o4)cc3)CC2)cc1.